The maximum atomic E-state index is 13.8. The lowest BCUT2D eigenvalue weighted by atomic mass is 9.85. The van der Waals surface area contributed by atoms with E-state index in [-0.39, 0.29) is 22.8 Å². The van der Waals surface area contributed by atoms with Gasteiger partial charge in [0.1, 0.15) is 11.6 Å². The highest BCUT2D eigenvalue weighted by Gasteiger charge is 2.34. The molecule has 1 aliphatic heterocycles. The van der Waals surface area contributed by atoms with Crippen LogP contribution in [0.25, 0.3) is 39.0 Å². The Bertz CT molecular complexity index is 1940. The number of anilines is 1. The van der Waals surface area contributed by atoms with Gasteiger partial charge >= 0.3 is 5.97 Å². The van der Waals surface area contributed by atoms with Gasteiger partial charge in [-0.1, -0.05) is 48.6 Å². The number of hydrogen-bond donors (Lipinski definition) is 1. The summed E-state index contributed by atoms with van der Waals surface area (Å²) >= 11 is 0. The van der Waals surface area contributed by atoms with E-state index in [1.54, 1.807) is 18.2 Å². The fourth-order valence-electron chi connectivity index (χ4n) is 5.59. The summed E-state index contributed by atoms with van der Waals surface area (Å²) in [5.74, 6) is -1.27. The third kappa shape index (κ3) is 3.77. The predicted octanol–water partition coefficient (Wildman–Crippen LogP) is 5.24. The Kier molecular flexibility index (Phi) is 5.55. The molecule has 7 nitrogen and oxygen atoms in total. The average molecular weight is 514 g/mol. The van der Waals surface area contributed by atoms with Crippen LogP contribution in [0.1, 0.15) is 22.3 Å². The van der Waals surface area contributed by atoms with Gasteiger partial charge in [-0.15, -0.1) is 0 Å². The van der Waals surface area contributed by atoms with Crippen LogP contribution in [0.15, 0.2) is 88.8 Å². The van der Waals surface area contributed by atoms with Crippen LogP contribution in [0.4, 0.5) is 5.69 Å². The third-order valence-corrected chi connectivity index (χ3v) is 7.71. The quantitative estimate of drug-likeness (QED) is 0.228. The van der Waals surface area contributed by atoms with Crippen molar-refractivity contribution < 1.29 is 14.7 Å². The van der Waals surface area contributed by atoms with E-state index in [1.807, 2.05) is 73.3 Å². The van der Waals surface area contributed by atoms with Gasteiger partial charge in [0.2, 0.25) is 0 Å². The summed E-state index contributed by atoms with van der Waals surface area (Å²) in [5, 5.41) is 19.2. The second-order valence-electron chi connectivity index (χ2n) is 9.85. The van der Waals surface area contributed by atoms with Crippen molar-refractivity contribution in [3.8, 4) is 17.2 Å². The molecule has 2 heterocycles. The standard InChI is InChI=1S/C32H23N3O4/c1-34-26-6-4-3-5-22(26)30(36)24-15-29-25(16-28(24)34)31(37)23-14-20(11-12-27(23)35(29)2)19-9-7-18(8-10-19)13-21(17-33)32(38)39/h3-5,7-16,26H,6H2,1-2H3,(H,38,39)/b21-13+. The van der Waals surface area contributed by atoms with E-state index in [0.29, 0.717) is 27.4 Å². The zero-order valence-electron chi connectivity index (χ0n) is 21.3. The summed E-state index contributed by atoms with van der Waals surface area (Å²) in [6.45, 7) is 0. The Morgan fingerprint density at radius 2 is 1.72 bits per heavy atom. The Labute approximate surface area is 223 Å². The highest BCUT2D eigenvalue weighted by Crippen LogP contribution is 2.38. The van der Waals surface area contributed by atoms with E-state index < -0.39 is 5.97 Å². The van der Waals surface area contributed by atoms with E-state index in [2.05, 4.69) is 11.0 Å². The molecule has 2 aliphatic rings. The number of aliphatic carboxylic acids is 1. The van der Waals surface area contributed by atoms with Crippen LogP contribution in [0, 0.1) is 11.3 Å². The van der Waals surface area contributed by atoms with Crippen LogP contribution >= 0.6 is 0 Å². The Balaban J connectivity index is 1.48. The van der Waals surface area contributed by atoms with Crippen molar-refractivity contribution in [2.75, 3.05) is 11.9 Å². The monoisotopic (exact) mass is 513 g/mol. The minimum atomic E-state index is -1.27. The number of allylic oxidation sites excluding steroid dienone is 2. The van der Waals surface area contributed by atoms with Crippen molar-refractivity contribution >= 4 is 45.3 Å². The van der Waals surface area contributed by atoms with Gasteiger partial charge in [-0.25, -0.2) is 4.79 Å². The normalized spacial score (nSPS) is 16.6. The number of likely N-dealkylation sites (N-methyl/N-ethyl adjacent to an activating group) is 1. The maximum absolute atomic E-state index is 13.8. The maximum Gasteiger partial charge on any atom is 0.346 e. The minimum absolute atomic E-state index is 0.00535. The van der Waals surface area contributed by atoms with Gasteiger partial charge in [-0.2, -0.15) is 5.26 Å². The summed E-state index contributed by atoms with van der Waals surface area (Å²) in [6, 6.07) is 18.1. The zero-order chi connectivity index (χ0) is 27.4. The number of carbonyl (C=O) groups excluding carboxylic acids is 1. The molecule has 0 amide bonds. The Hall–Kier alpha value is -5.22. The number of fused-ring (bicyclic) bond motifs is 4. The van der Waals surface area contributed by atoms with E-state index in [9.17, 15) is 14.4 Å². The van der Waals surface area contributed by atoms with Gasteiger partial charge in [0.25, 0.3) is 0 Å². The number of nitriles is 1. The number of aryl methyl sites for hydroxylation is 1. The van der Waals surface area contributed by atoms with Crippen molar-refractivity contribution in [3.05, 3.63) is 105 Å². The van der Waals surface area contributed by atoms with Crippen LogP contribution in [-0.4, -0.2) is 34.5 Å². The van der Waals surface area contributed by atoms with Gasteiger partial charge in [0, 0.05) is 41.7 Å². The summed E-state index contributed by atoms with van der Waals surface area (Å²) < 4.78 is 1.95. The largest absolute Gasteiger partial charge is 0.477 e. The molecule has 39 heavy (non-hydrogen) atoms. The third-order valence-electron chi connectivity index (χ3n) is 7.71. The molecule has 1 aliphatic carbocycles. The Morgan fingerprint density at radius 1 is 1.00 bits per heavy atom. The molecule has 1 atom stereocenters. The number of nitrogens with zero attached hydrogens (tertiary/aromatic N) is 3. The number of hydrogen-bond acceptors (Lipinski definition) is 5. The molecule has 1 unspecified atom stereocenters. The molecule has 0 spiro atoms. The molecule has 0 bridgehead atoms. The molecule has 0 fully saturated rings. The van der Waals surface area contributed by atoms with E-state index in [1.165, 1.54) is 6.08 Å². The van der Waals surface area contributed by atoms with Crippen LogP contribution in [-0.2, 0) is 11.8 Å². The number of ketones is 1. The van der Waals surface area contributed by atoms with Gasteiger partial charge in [-0.05, 0) is 53.5 Å². The molecule has 0 saturated heterocycles. The number of carboxylic acid groups (broad SMARTS) is 1. The lowest BCUT2D eigenvalue weighted by Crippen LogP contribution is -2.41. The summed E-state index contributed by atoms with van der Waals surface area (Å²) in [4.78, 5) is 40.4. The number of rotatable bonds is 3. The first-order valence-electron chi connectivity index (χ1n) is 12.5. The highest BCUT2D eigenvalue weighted by atomic mass is 16.4. The summed E-state index contributed by atoms with van der Waals surface area (Å²) in [5.41, 5.74) is 5.43. The molecule has 1 aromatic heterocycles. The molecule has 4 aromatic rings. The number of Topliss-reactive ketones (excluding diaryl/α,β-unsaturated/α-hetero) is 1. The first-order chi connectivity index (χ1) is 18.8. The lowest BCUT2D eigenvalue weighted by molar-refractivity contribution is -0.132. The van der Waals surface area contributed by atoms with Crippen LogP contribution in [0.2, 0.25) is 0 Å². The van der Waals surface area contributed by atoms with E-state index >= 15 is 0 Å². The predicted molar refractivity (Wildman–Crippen MR) is 152 cm³/mol. The minimum Gasteiger partial charge on any atom is -0.477 e. The fourth-order valence-corrected chi connectivity index (χ4v) is 5.59. The first-order valence-corrected chi connectivity index (χ1v) is 12.5. The molecular weight excluding hydrogens is 490 g/mol. The van der Waals surface area contributed by atoms with Crippen LogP contribution in [0.5, 0.6) is 0 Å². The van der Waals surface area contributed by atoms with Crippen molar-refractivity contribution in [2.45, 2.75) is 12.5 Å². The second-order valence-corrected chi connectivity index (χ2v) is 9.85. The molecule has 1 N–H and O–H groups in total. The second kappa shape index (κ2) is 8.96. The number of pyridine rings is 1. The smallest absolute Gasteiger partial charge is 0.346 e. The molecule has 7 heteroatoms. The van der Waals surface area contributed by atoms with Crippen LogP contribution < -0.4 is 10.3 Å². The van der Waals surface area contributed by atoms with Crippen molar-refractivity contribution in [1.29, 1.82) is 5.26 Å². The van der Waals surface area contributed by atoms with E-state index in [0.717, 1.165) is 34.3 Å². The number of carbonyl (C=O) groups is 2. The SMILES string of the molecule is CN1c2cc3c(=O)c4cc(-c5ccc(/C=C(\C#N)C(=O)O)cc5)ccc4n(C)c3cc2C(=O)C2=CC=CCC21. The molecule has 0 radical (unpaired) electrons. The van der Waals surface area contributed by atoms with Gasteiger partial charge in [0.15, 0.2) is 11.2 Å². The zero-order valence-corrected chi connectivity index (χ0v) is 21.3. The first kappa shape index (κ1) is 24.1. The van der Waals surface area contributed by atoms with Gasteiger partial charge in [-0.3, -0.25) is 9.59 Å². The molecule has 0 saturated carbocycles. The fraction of sp³-hybridized carbons (Fsp3) is 0.125. The molecule has 3 aromatic carbocycles. The highest BCUT2D eigenvalue weighted by molar-refractivity contribution is 6.17. The number of aromatic nitrogens is 1. The molecular formula is C32H23N3O4. The Morgan fingerprint density at radius 3 is 2.44 bits per heavy atom. The summed E-state index contributed by atoms with van der Waals surface area (Å²) in [6.07, 6.45) is 7.93. The number of carboxylic acids is 1. The van der Waals surface area contributed by atoms with Crippen molar-refractivity contribution in [1.82, 2.24) is 4.57 Å². The lowest BCUT2D eigenvalue weighted by Gasteiger charge is -2.38. The van der Waals surface area contributed by atoms with Gasteiger partial charge in [0.05, 0.1) is 17.1 Å². The van der Waals surface area contributed by atoms with Gasteiger partial charge < -0.3 is 14.6 Å². The molecule has 190 valence electrons. The summed E-state index contributed by atoms with van der Waals surface area (Å²) in [7, 11) is 3.86. The average Bonchev–Trinajstić information content (AvgIpc) is 2.96. The van der Waals surface area contributed by atoms with E-state index in [4.69, 9.17) is 10.4 Å². The topological polar surface area (TPSA) is 103 Å². The van der Waals surface area contributed by atoms with Crippen LogP contribution in [0.3, 0.4) is 0 Å². The number of benzene rings is 3. The van der Waals surface area contributed by atoms with Crippen molar-refractivity contribution in [2.24, 2.45) is 7.05 Å². The van der Waals surface area contributed by atoms with Crippen molar-refractivity contribution in [3.63, 3.8) is 0 Å². The molecule has 6 rings (SSSR count).